The highest BCUT2D eigenvalue weighted by molar-refractivity contribution is 5.85. The SMILES string of the molecule is CCC1(C(=O)N(C)CC(O)CNC(=O)[C@H]2C3CCC(CC3)[C@@H]2C(F)(F)F)CC1. The van der Waals surface area contributed by atoms with Gasteiger partial charge in [0.1, 0.15) is 0 Å². The third-order valence-electron chi connectivity index (χ3n) is 7.23. The Morgan fingerprint density at radius 3 is 2.25 bits per heavy atom. The summed E-state index contributed by atoms with van der Waals surface area (Å²) in [7, 11) is 1.61. The van der Waals surface area contributed by atoms with Crippen LogP contribution in [-0.2, 0) is 9.59 Å². The number of nitrogens with zero attached hydrogens (tertiary/aromatic N) is 1. The van der Waals surface area contributed by atoms with Crippen molar-refractivity contribution >= 4 is 11.8 Å². The summed E-state index contributed by atoms with van der Waals surface area (Å²) in [6, 6.07) is 0. The first kappa shape index (κ1) is 21.4. The molecule has 0 aromatic rings. The van der Waals surface area contributed by atoms with Crippen LogP contribution in [-0.4, -0.2) is 54.2 Å². The van der Waals surface area contributed by atoms with Crippen LogP contribution in [0.3, 0.4) is 0 Å². The minimum atomic E-state index is -4.38. The van der Waals surface area contributed by atoms with Crippen LogP contribution in [0.1, 0.15) is 51.9 Å². The highest BCUT2D eigenvalue weighted by Gasteiger charge is 2.58. The maximum Gasteiger partial charge on any atom is 0.392 e. The minimum Gasteiger partial charge on any atom is -0.389 e. The van der Waals surface area contributed by atoms with Gasteiger partial charge in [0.2, 0.25) is 11.8 Å². The Kier molecular flexibility index (Phi) is 5.99. The molecule has 0 aromatic heterocycles. The number of carbonyl (C=O) groups excluding carboxylic acids is 2. The molecular formula is C20H31F3N2O3. The summed E-state index contributed by atoms with van der Waals surface area (Å²) in [6.45, 7) is 1.87. The normalized spacial score (nSPS) is 31.9. The summed E-state index contributed by atoms with van der Waals surface area (Å²) < 4.78 is 40.6. The lowest BCUT2D eigenvalue weighted by Crippen LogP contribution is -2.54. The fraction of sp³-hybridized carbons (Fsp3) is 0.900. The summed E-state index contributed by atoms with van der Waals surface area (Å²) in [5.74, 6) is -3.98. The number of halogens is 3. The third kappa shape index (κ3) is 4.16. The Morgan fingerprint density at radius 2 is 1.75 bits per heavy atom. The van der Waals surface area contributed by atoms with E-state index in [1.165, 1.54) is 4.90 Å². The van der Waals surface area contributed by atoms with E-state index < -0.39 is 35.9 Å². The van der Waals surface area contributed by atoms with E-state index in [-0.39, 0.29) is 30.3 Å². The molecule has 160 valence electrons. The number of hydrogen-bond donors (Lipinski definition) is 2. The quantitative estimate of drug-likeness (QED) is 0.686. The Hall–Kier alpha value is -1.31. The summed E-state index contributed by atoms with van der Waals surface area (Å²) in [5, 5.41) is 12.7. The van der Waals surface area contributed by atoms with Crippen molar-refractivity contribution in [2.24, 2.45) is 29.1 Å². The molecule has 0 spiro atoms. The average Bonchev–Trinajstić information content (AvgIpc) is 3.46. The molecule has 4 fully saturated rings. The molecule has 4 aliphatic carbocycles. The van der Waals surface area contributed by atoms with E-state index in [1.807, 2.05) is 6.92 Å². The van der Waals surface area contributed by atoms with E-state index in [1.54, 1.807) is 7.05 Å². The zero-order valence-corrected chi connectivity index (χ0v) is 16.6. The molecule has 0 saturated heterocycles. The van der Waals surface area contributed by atoms with Crippen LogP contribution >= 0.6 is 0 Å². The number of fused-ring (bicyclic) bond motifs is 3. The van der Waals surface area contributed by atoms with Crippen molar-refractivity contribution in [3.8, 4) is 0 Å². The third-order valence-corrected chi connectivity index (χ3v) is 7.23. The number of aliphatic hydroxyl groups excluding tert-OH is 1. The van der Waals surface area contributed by atoms with Crippen LogP contribution in [0.15, 0.2) is 0 Å². The van der Waals surface area contributed by atoms with Gasteiger partial charge in [-0.05, 0) is 56.8 Å². The maximum absolute atomic E-state index is 13.5. The molecule has 0 aliphatic heterocycles. The van der Waals surface area contributed by atoms with Gasteiger partial charge in [-0.2, -0.15) is 13.2 Å². The van der Waals surface area contributed by atoms with E-state index in [4.69, 9.17) is 0 Å². The zero-order chi connectivity index (χ0) is 20.7. The predicted molar refractivity (Wildman–Crippen MR) is 97.1 cm³/mol. The molecule has 0 aromatic carbocycles. The largest absolute Gasteiger partial charge is 0.392 e. The van der Waals surface area contributed by atoms with Crippen LogP contribution in [0.5, 0.6) is 0 Å². The number of amides is 2. The van der Waals surface area contributed by atoms with E-state index in [9.17, 15) is 27.9 Å². The monoisotopic (exact) mass is 404 g/mol. The molecule has 28 heavy (non-hydrogen) atoms. The van der Waals surface area contributed by atoms with Crippen LogP contribution in [0, 0.1) is 29.1 Å². The Bertz CT molecular complexity index is 598. The average molecular weight is 404 g/mol. The molecule has 0 heterocycles. The van der Waals surface area contributed by atoms with Crippen molar-refractivity contribution in [2.45, 2.75) is 64.1 Å². The molecule has 5 nitrogen and oxygen atoms in total. The second kappa shape index (κ2) is 7.84. The van der Waals surface area contributed by atoms with Crippen LogP contribution in [0.2, 0.25) is 0 Å². The van der Waals surface area contributed by atoms with Gasteiger partial charge in [-0.15, -0.1) is 0 Å². The van der Waals surface area contributed by atoms with Crippen molar-refractivity contribution in [2.75, 3.05) is 20.1 Å². The first-order valence-corrected chi connectivity index (χ1v) is 10.4. The van der Waals surface area contributed by atoms with Crippen molar-refractivity contribution in [3.05, 3.63) is 0 Å². The molecule has 3 atom stereocenters. The fourth-order valence-electron chi connectivity index (χ4n) is 5.37. The number of alkyl halides is 3. The molecule has 4 saturated carbocycles. The van der Waals surface area contributed by atoms with Crippen molar-refractivity contribution in [1.29, 1.82) is 0 Å². The van der Waals surface area contributed by atoms with Gasteiger partial charge in [-0.25, -0.2) is 0 Å². The smallest absolute Gasteiger partial charge is 0.389 e. The van der Waals surface area contributed by atoms with Crippen molar-refractivity contribution < 1.29 is 27.9 Å². The molecule has 2 N–H and O–H groups in total. The summed E-state index contributed by atoms with van der Waals surface area (Å²) in [5.41, 5.74) is -0.307. The minimum absolute atomic E-state index is 0.0119. The van der Waals surface area contributed by atoms with Gasteiger partial charge in [0.05, 0.1) is 17.9 Å². The number of carbonyl (C=O) groups is 2. The van der Waals surface area contributed by atoms with E-state index >= 15 is 0 Å². The lowest BCUT2D eigenvalue weighted by molar-refractivity contribution is -0.229. The Labute approximate surface area is 164 Å². The number of aliphatic hydroxyl groups is 1. The number of rotatable bonds is 7. The van der Waals surface area contributed by atoms with E-state index in [0.717, 1.165) is 19.3 Å². The first-order valence-electron chi connectivity index (χ1n) is 10.4. The molecular weight excluding hydrogens is 373 g/mol. The molecule has 4 aliphatic rings. The lowest BCUT2D eigenvalue weighted by atomic mass is 9.58. The fourth-order valence-corrected chi connectivity index (χ4v) is 5.37. The highest BCUT2D eigenvalue weighted by atomic mass is 19.4. The molecule has 8 heteroatoms. The van der Waals surface area contributed by atoms with Gasteiger partial charge in [-0.1, -0.05) is 6.92 Å². The van der Waals surface area contributed by atoms with Crippen molar-refractivity contribution in [3.63, 3.8) is 0 Å². The highest BCUT2D eigenvalue weighted by Crippen LogP contribution is 2.54. The Morgan fingerprint density at radius 1 is 1.18 bits per heavy atom. The molecule has 2 bridgehead atoms. The second-order valence-electron chi connectivity index (χ2n) is 8.99. The van der Waals surface area contributed by atoms with Crippen molar-refractivity contribution in [1.82, 2.24) is 10.2 Å². The van der Waals surface area contributed by atoms with Gasteiger partial charge in [0, 0.05) is 25.6 Å². The van der Waals surface area contributed by atoms with Gasteiger partial charge in [-0.3, -0.25) is 9.59 Å². The standard InChI is InChI=1S/C20H31F3N2O3/c1-3-19(8-9-19)18(28)25(2)11-14(26)10-24-17(27)15-12-4-6-13(7-5-12)16(15)20(21,22)23/h12-16,26H,3-11H2,1-2H3,(H,24,27)/t12?,13?,14?,15-,16-/m0/s1. The number of likely N-dealkylation sites (N-methyl/N-ethyl adjacent to an activating group) is 1. The van der Waals surface area contributed by atoms with Crippen LogP contribution in [0.4, 0.5) is 13.2 Å². The van der Waals surface area contributed by atoms with Crippen LogP contribution in [0.25, 0.3) is 0 Å². The molecule has 0 radical (unpaired) electrons. The molecule has 2 amide bonds. The Balaban J connectivity index is 1.53. The summed E-state index contributed by atoms with van der Waals surface area (Å²) in [4.78, 5) is 26.5. The molecule has 1 unspecified atom stereocenters. The summed E-state index contributed by atoms with van der Waals surface area (Å²) >= 11 is 0. The van der Waals surface area contributed by atoms with Crippen LogP contribution < -0.4 is 5.32 Å². The number of hydrogen-bond acceptors (Lipinski definition) is 3. The first-order chi connectivity index (χ1) is 13.1. The predicted octanol–water partition coefficient (Wildman–Crippen LogP) is 2.73. The zero-order valence-electron chi connectivity index (χ0n) is 16.6. The second-order valence-corrected chi connectivity index (χ2v) is 8.99. The maximum atomic E-state index is 13.5. The van der Waals surface area contributed by atoms with Gasteiger partial charge < -0.3 is 15.3 Å². The van der Waals surface area contributed by atoms with Gasteiger partial charge >= 0.3 is 6.18 Å². The van der Waals surface area contributed by atoms with Gasteiger partial charge in [0.15, 0.2) is 0 Å². The lowest BCUT2D eigenvalue weighted by Gasteiger charge is -2.48. The molecule has 4 rings (SSSR count). The van der Waals surface area contributed by atoms with E-state index in [0.29, 0.717) is 25.7 Å². The summed E-state index contributed by atoms with van der Waals surface area (Å²) in [6.07, 6.45) is -0.536. The topological polar surface area (TPSA) is 69.6 Å². The number of nitrogens with one attached hydrogen (secondary N) is 1. The van der Waals surface area contributed by atoms with Gasteiger partial charge in [0.25, 0.3) is 0 Å². The van der Waals surface area contributed by atoms with E-state index in [2.05, 4.69) is 5.32 Å².